The number of piperidine rings is 1. The lowest BCUT2D eigenvalue weighted by molar-refractivity contribution is -0.124. The van der Waals surface area contributed by atoms with Gasteiger partial charge in [-0.15, -0.1) is 0 Å². The molecule has 3 amide bonds. The summed E-state index contributed by atoms with van der Waals surface area (Å²) in [6.07, 6.45) is 7.50. The summed E-state index contributed by atoms with van der Waals surface area (Å²) in [5, 5.41) is 3.05. The zero-order valence-electron chi connectivity index (χ0n) is 23.6. The Bertz CT molecular complexity index is 1170. The molecule has 0 saturated carbocycles. The van der Waals surface area contributed by atoms with E-state index in [1.165, 1.54) is 5.56 Å². The number of fused-ring (bicyclic) bond motifs is 1. The van der Waals surface area contributed by atoms with Gasteiger partial charge in [-0.25, -0.2) is 0 Å². The van der Waals surface area contributed by atoms with Crippen molar-refractivity contribution in [3.63, 3.8) is 0 Å². The van der Waals surface area contributed by atoms with Gasteiger partial charge in [0.15, 0.2) is 6.23 Å². The van der Waals surface area contributed by atoms with Gasteiger partial charge in [0.2, 0.25) is 11.8 Å². The third-order valence-electron chi connectivity index (χ3n) is 8.33. The quantitative estimate of drug-likeness (QED) is 0.448. The Balaban J connectivity index is 1.15. The highest BCUT2D eigenvalue weighted by Crippen LogP contribution is 2.32. The number of anilines is 1. The molecular weight excluding hydrogens is 504 g/mol. The zero-order valence-corrected chi connectivity index (χ0v) is 23.6. The average molecular weight is 547 g/mol. The fourth-order valence-electron chi connectivity index (χ4n) is 6.12. The molecule has 0 bridgehead atoms. The average Bonchev–Trinajstić information content (AvgIpc) is 3.49. The number of rotatable bonds is 10. The number of hydrogen-bond acceptors (Lipinski definition) is 5. The van der Waals surface area contributed by atoms with Crippen LogP contribution < -0.4 is 15.0 Å². The second kappa shape index (κ2) is 13.3. The molecule has 2 fully saturated rings. The first kappa shape index (κ1) is 28.1. The van der Waals surface area contributed by atoms with Gasteiger partial charge >= 0.3 is 0 Å². The van der Waals surface area contributed by atoms with Crippen LogP contribution in [0.2, 0.25) is 0 Å². The summed E-state index contributed by atoms with van der Waals surface area (Å²) in [4.78, 5) is 44.7. The minimum absolute atomic E-state index is 0.00294. The van der Waals surface area contributed by atoms with Crippen molar-refractivity contribution in [2.75, 3.05) is 37.6 Å². The fraction of sp³-hybridized carbons (Fsp3) is 0.531. The number of aryl methyl sites for hydroxylation is 1. The normalized spacial score (nSPS) is 18.9. The molecule has 3 heterocycles. The molecule has 0 spiro atoms. The van der Waals surface area contributed by atoms with Crippen molar-refractivity contribution < 1.29 is 19.1 Å². The van der Waals surface area contributed by atoms with E-state index in [2.05, 4.69) is 23.2 Å². The summed E-state index contributed by atoms with van der Waals surface area (Å²) < 4.78 is 6.14. The lowest BCUT2D eigenvalue weighted by Gasteiger charge is -2.41. The molecule has 214 valence electrons. The molecule has 1 N–H and O–H groups in total. The predicted molar refractivity (Wildman–Crippen MR) is 155 cm³/mol. The van der Waals surface area contributed by atoms with Crippen molar-refractivity contribution in [1.82, 2.24) is 15.1 Å². The van der Waals surface area contributed by atoms with E-state index < -0.39 is 6.23 Å². The van der Waals surface area contributed by atoms with Gasteiger partial charge in [0.1, 0.15) is 5.75 Å². The van der Waals surface area contributed by atoms with Crippen LogP contribution in [0.1, 0.15) is 74.2 Å². The van der Waals surface area contributed by atoms with Crippen molar-refractivity contribution in [2.45, 2.75) is 77.0 Å². The van der Waals surface area contributed by atoms with Crippen LogP contribution in [-0.2, 0) is 16.0 Å². The van der Waals surface area contributed by atoms with Gasteiger partial charge in [0.05, 0.1) is 6.54 Å². The zero-order chi connectivity index (χ0) is 27.9. The van der Waals surface area contributed by atoms with Crippen LogP contribution in [0.5, 0.6) is 5.75 Å². The third-order valence-corrected chi connectivity index (χ3v) is 8.33. The van der Waals surface area contributed by atoms with E-state index in [0.29, 0.717) is 37.4 Å². The molecule has 8 nitrogen and oxygen atoms in total. The summed E-state index contributed by atoms with van der Waals surface area (Å²) in [6.45, 7) is 5.73. The van der Waals surface area contributed by atoms with E-state index >= 15 is 0 Å². The number of carbonyl (C=O) groups excluding carboxylic acids is 3. The van der Waals surface area contributed by atoms with Gasteiger partial charge in [0.25, 0.3) is 5.91 Å². The van der Waals surface area contributed by atoms with Gasteiger partial charge in [-0.05, 0) is 87.5 Å². The number of carbonyl (C=O) groups is 3. The lowest BCUT2D eigenvalue weighted by atomic mass is 9.95. The minimum atomic E-state index is -0.390. The summed E-state index contributed by atoms with van der Waals surface area (Å²) in [7, 11) is 0. The first-order chi connectivity index (χ1) is 19.5. The van der Waals surface area contributed by atoms with Gasteiger partial charge in [0, 0.05) is 43.2 Å². The third kappa shape index (κ3) is 6.84. The number of likely N-dealkylation sites (tertiary alicyclic amines) is 2. The Hall–Kier alpha value is -3.39. The highest BCUT2D eigenvalue weighted by Gasteiger charge is 2.33. The van der Waals surface area contributed by atoms with Crippen LogP contribution in [-0.4, -0.2) is 72.5 Å². The van der Waals surface area contributed by atoms with Gasteiger partial charge in [-0.1, -0.05) is 31.5 Å². The van der Waals surface area contributed by atoms with E-state index in [-0.39, 0.29) is 23.8 Å². The molecule has 0 radical (unpaired) electrons. The summed E-state index contributed by atoms with van der Waals surface area (Å²) in [6, 6.07) is 15.5. The van der Waals surface area contributed by atoms with E-state index in [4.69, 9.17) is 4.74 Å². The van der Waals surface area contributed by atoms with E-state index in [1.807, 2.05) is 40.1 Å². The van der Waals surface area contributed by atoms with Crippen LogP contribution in [0.3, 0.4) is 0 Å². The second-order valence-corrected chi connectivity index (χ2v) is 11.2. The molecule has 0 aromatic heterocycles. The number of unbranched alkanes of at least 4 members (excludes halogenated alkanes) is 1. The SMILES string of the molecule is CCCCC(NC(=O)CN1CCCC1)Oc1ccc(C(=O)N2CCC(N3C(=O)CCc4ccccc43)CC2)cc1. The van der Waals surface area contributed by atoms with Gasteiger partial charge in [-0.3, -0.25) is 19.3 Å². The van der Waals surface area contributed by atoms with Crippen LogP contribution in [0.25, 0.3) is 0 Å². The predicted octanol–water partition coefficient (Wildman–Crippen LogP) is 4.38. The maximum atomic E-state index is 13.3. The van der Waals surface area contributed by atoms with Crippen LogP contribution >= 0.6 is 0 Å². The smallest absolute Gasteiger partial charge is 0.253 e. The number of ether oxygens (including phenoxy) is 1. The maximum Gasteiger partial charge on any atom is 0.253 e. The van der Waals surface area contributed by atoms with Crippen molar-refractivity contribution in [1.29, 1.82) is 0 Å². The molecule has 2 saturated heterocycles. The van der Waals surface area contributed by atoms with Crippen molar-refractivity contribution in [3.05, 3.63) is 59.7 Å². The highest BCUT2D eigenvalue weighted by molar-refractivity contribution is 5.97. The molecule has 0 aliphatic carbocycles. The Labute approximate surface area is 237 Å². The molecular formula is C32H42N4O4. The number of hydrogen-bond donors (Lipinski definition) is 1. The Morgan fingerprint density at radius 3 is 2.42 bits per heavy atom. The lowest BCUT2D eigenvalue weighted by Crippen LogP contribution is -2.50. The number of para-hydroxylation sites is 1. The molecule has 40 heavy (non-hydrogen) atoms. The molecule has 3 aliphatic heterocycles. The van der Waals surface area contributed by atoms with Crippen molar-refractivity contribution in [2.24, 2.45) is 0 Å². The first-order valence-corrected chi connectivity index (χ1v) is 15.0. The summed E-state index contributed by atoms with van der Waals surface area (Å²) >= 11 is 0. The standard InChI is InChI=1S/C32H42N4O4/c1-2-3-10-30(33-29(37)23-34-19-6-7-20-34)40-27-14-11-25(12-15-27)32(39)35-21-17-26(18-22-35)36-28-9-5-4-8-24(28)13-16-31(36)38/h4-5,8-9,11-12,14-15,26,30H,2-3,6-7,10,13,16-23H2,1H3,(H,33,37). The largest absolute Gasteiger partial charge is 0.471 e. The van der Waals surface area contributed by atoms with Crippen LogP contribution in [0, 0.1) is 0 Å². The molecule has 5 rings (SSSR count). The number of benzene rings is 2. The molecule has 3 aliphatic rings. The van der Waals surface area contributed by atoms with E-state index in [9.17, 15) is 14.4 Å². The van der Waals surface area contributed by atoms with E-state index in [1.54, 1.807) is 12.1 Å². The monoisotopic (exact) mass is 546 g/mol. The second-order valence-electron chi connectivity index (χ2n) is 11.2. The molecule has 1 atom stereocenters. The molecule has 2 aromatic rings. The number of nitrogens with one attached hydrogen (secondary N) is 1. The van der Waals surface area contributed by atoms with E-state index in [0.717, 1.165) is 70.1 Å². The molecule has 8 heteroatoms. The van der Waals surface area contributed by atoms with Gasteiger partial charge in [-0.2, -0.15) is 0 Å². The summed E-state index contributed by atoms with van der Waals surface area (Å²) in [5.74, 6) is 0.813. The fourth-order valence-corrected chi connectivity index (χ4v) is 6.12. The van der Waals surface area contributed by atoms with Gasteiger partial charge < -0.3 is 19.9 Å². The first-order valence-electron chi connectivity index (χ1n) is 15.0. The minimum Gasteiger partial charge on any atom is -0.471 e. The van der Waals surface area contributed by atoms with Crippen molar-refractivity contribution in [3.8, 4) is 5.75 Å². The Kier molecular flexibility index (Phi) is 9.37. The van der Waals surface area contributed by atoms with Crippen molar-refractivity contribution >= 4 is 23.4 Å². The summed E-state index contributed by atoms with van der Waals surface area (Å²) in [5.41, 5.74) is 2.88. The number of amides is 3. The maximum absolute atomic E-state index is 13.3. The highest BCUT2D eigenvalue weighted by atomic mass is 16.5. The van der Waals surface area contributed by atoms with Crippen LogP contribution in [0.15, 0.2) is 48.5 Å². The number of nitrogens with zero attached hydrogens (tertiary/aromatic N) is 3. The Morgan fingerprint density at radius 2 is 1.70 bits per heavy atom. The Morgan fingerprint density at radius 1 is 0.975 bits per heavy atom. The van der Waals surface area contributed by atoms with Crippen LogP contribution in [0.4, 0.5) is 5.69 Å². The molecule has 1 unspecified atom stereocenters. The topological polar surface area (TPSA) is 82.2 Å². The molecule has 2 aromatic carbocycles.